The summed E-state index contributed by atoms with van der Waals surface area (Å²) in [6.45, 7) is 1.45. The lowest BCUT2D eigenvalue weighted by Crippen LogP contribution is -2.37. The van der Waals surface area contributed by atoms with Gasteiger partial charge in [-0.3, -0.25) is 4.79 Å². The van der Waals surface area contributed by atoms with Crippen molar-refractivity contribution in [2.24, 2.45) is 0 Å². The highest BCUT2D eigenvalue weighted by Gasteiger charge is 2.20. The molecule has 16 heavy (non-hydrogen) atoms. The topological polar surface area (TPSA) is 60.8 Å². The maximum atomic E-state index is 12.9. The first-order valence-corrected chi connectivity index (χ1v) is 4.84. The monoisotopic (exact) mass is 227 g/mol. The summed E-state index contributed by atoms with van der Waals surface area (Å²) in [5.74, 6) is -1.40. The molecule has 0 bridgehead atoms. The van der Waals surface area contributed by atoms with Crippen molar-refractivity contribution < 1.29 is 19.4 Å². The summed E-state index contributed by atoms with van der Waals surface area (Å²) >= 11 is 0. The third kappa shape index (κ3) is 2.49. The molecule has 1 aromatic rings. The maximum Gasteiger partial charge on any atom is 0.257 e. The maximum absolute atomic E-state index is 12.9. The first-order valence-electron chi connectivity index (χ1n) is 4.84. The zero-order valence-corrected chi connectivity index (χ0v) is 9.14. The number of benzene rings is 1. The van der Waals surface area contributed by atoms with Gasteiger partial charge in [-0.25, -0.2) is 4.39 Å². The summed E-state index contributed by atoms with van der Waals surface area (Å²) in [5, 5.41) is 18.3. The lowest BCUT2D eigenvalue weighted by molar-refractivity contribution is 0.0678. The van der Waals surface area contributed by atoms with Crippen LogP contribution in [0.5, 0.6) is 5.75 Å². The smallest absolute Gasteiger partial charge is 0.257 e. The molecule has 1 rings (SSSR count). The summed E-state index contributed by atoms with van der Waals surface area (Å²) in [7, 11) is 1.48. The van der Waals surface area contributed by atoms with Gasteiger partial charge in [0.2, 0.25) is 0 Å². The van der Waals surface area contributed by atoms with E-state index >= 15 is 0 Å². The SMILES string of the molecule is CC(CO)N(C)C(=O)c1cc(F)ccc1O. The number of carbonyl (C=O) groups excluding carboxylic acids is 1. The molecule has 0 aliphatic heterocycles. The summed E-state index contributed by atoms with van der Waals surface area (Å²) < 4.78 is 12.9. The van der Waals surface area contributed by atoms with Crippen LogP contribution in [0.1, 0.15) is 17.3 Å². The predicted molar refractivity (Wildman–Crippen MR) is 56.7 cm³/mol. The van der Waals surface area contributed by atoms with Gasteiger partial charge < -0.3 is 15.1 Å². The van der Waals surface area contributed by atoms with E-state index in [1.807, 2.05) is 0 Å². The molecule has 0 fully saturated rings. The number of aromatic hydroxyl groups is 1. The molecule has 1 atom stereocenters. The van der Waals surface area contributed by atoms with E-state index in [-0.39, 0.29) is 17.9 Å². The summed E-state index contributed by atoms with van der Waals surface area (Å²) in [6.07, 6.45) is 0. The van der Waals surface area contributed by atoms with Crippen molar-refractivity contribution in [3.8, 4) is 5.75 Å². The number of amides is 1. The van der Waals surface area contributed by atoms with Crippen molar-refractivity contribution in [3.05, 3.63) is 29.6 Å². The van der Waals surface area contributed by atoms with Crippen LogP contribution in [0, 0.1) is 5.82 Å². The molecule has 1 amide bonds. The Hall–Kier alpha value is -1.62. The highest BCUT2D eigenvalue weighted by atomic mass is 19.1. The van der Waals surface area contributed by atoms with Gasteiger partial charge in [0.05, 0.1) is 18.2 Å². The molecule has 1 aromatic carbocycles. The molecule has 0 aliphatic rings. The Morgan fingerprint density at radius 2 is 2.19 bits per heavy atom. The number of aliphatic hydroxyl groups excluding tert-OH is 1. The quantitative estimate of drug-likeness (QED) is 0.809. The number of likely N-dealkylation sites (N-methyl/N-ethyl adjacent to an activating group) is 1. The molecule has 1 unspecified atom stereocenters. The van der Waals surface area contributed by atoms with Crippen LogP contribution in [0.15, 0.2) is 18.2 Å². The average Bonchev–Trinajstić information content (AvgIpc) is 2.29. The average molecular weight is 227 g/mol. The number of nitrogens with zero attached hydrogens (tertiary/aromatic N) is 1. The van der Waals surface area contributed by atoms with E-state index in [4.69, 9.17) is 5.11 Å². The third-order valence-corrected chi connectivity index (χ3v) is 2.43. The van der Waals surface area contributed by atoms with E-state index in [9.17, 15) is 14.3 Å². The molecule has 0 saturated carbocycles. The minimum absolute atomic E-state index is 0.109. The fourth-order valence-electron chi connectivity index (χ4n) is 1.19. The molecular weight excluding hydrogens is 213 g/mol. The summed E-state index contributed by atoms with van der Waals surface area (Å²) in [4.78, 5) is 13.1. The van der Waals surface area contributed by atoms with Crippen LogP contribution in [0.4, 0.5) is 4.39 Å². The molecule has 0 spiro atoms. The van der Waals surface area contributed by atoms with Crippen LogP contribution < -0.4 is 0 Å². The number of rotatable bonds is 3. The second kappa shape index (κ2) is 4.94. The van der Waals surface area contributed by atoms with Crippen LogP contribution in [0.25, 0.3) is 0 Å². The molecule has 0 saturated heterocycles. The Morgan fingerprint density at radius 3 is 2.75 bits per heavy atom. The number of halogens is 1. The Labute approximate surface area is 92.9 Å². The molecule has 5 heteroatoms. The number of hydrogen-bond donors (Lipinski definition) is 2. The van der Waals surface area contributed by atoms with Crippen molar-refractivity contribution in [2.45, 2.75) is 13.0 Å². The zero-order valence-electron chi connectivity index (χ0n) is 9.14. The van der Waals surface area contributed by atoms with Crippen LogP contribution in [-0.4, -0.2) is 40.7 Å². The van der Waals surface area contributed by atoms with E-state index in [2.05, 4.69) is 0 Å². The van der Waals surface area contributed by atoms with Crippen molar-refractivity contribution in [1.82, 2.24) is 4.90 Å². The fraction of sp³-hybridized carbons (Fsp3) is 0.364. The van der Waals surface area contributed by atoms with Crippen molar-refractivity contribution >= 4 is 5.91 Å². The van der Waals surface area contributed by atoms with Gasteiger partial charge in [0.15, 0.2) is 0 Å². The van der Waals surface area contributed by atoms with Gasteiger partial charge in [-0.15, -0.1) is 0 Å². The Bertz CT molecular complexity index is 395. The molecule has 88 valence electrons. The minimum Gasteiger partial charge on any atom is -0.507 e. The zero-order chi connectivity index (χ0) is 12.3. The minimum atomic E-state index is -0.591. The van der Waals surface area contributed by atoms with Gasteiger partial charge in [-0.1, -0.05) is 0 Å². The Kier molecular flexibility index (Phi) is 3.84. The molecule has 2 N–H and O–H groups in total. The van der Waals surface area contributed by atoms with Crippen LogP contribution in [0.2, 0.25) is 0 Å². The number of hydrogen-bond acceptors (Lipinski definition) is 3. The normalized spacial score (nSPS) is 12.2. The molecular formula is C11H14FNO3. The molecule has 0 heterocycles. The second-order valence-corrected chi connectivity index (χ2v) is 3.61. The number of aliphatic hydroxyl groups is 1. The van der Waals surface area contributed by atoms with E-state index < -0.39 is 17.8 Å². The fourth-order valence-corrected chi connectivity index (χ4v) is 1.19. The van der Waals surface area contributed by atoms with Gasteiger partial charge in [0, 0.05) is 7.05 Å². The number of phenolic OH excluding ortho intramolecular Hbond substituents is 1. The van der Waals surface area contributed by atoms with E-state index in [1.165, 1.54) is 11.9 Å². The lowest BCUT2D eigenvalue weighted by atomic mass is 10.1. The van der Waals surface area contributed by atoms with Gasteiger partial charge in [0.1, 0.15) is 11.6 Å². The molecule has 0 aromatic heterocycles. The van der Waals surface area contributed by atoms with Gasteiger partial charge >= 0.3 is 0 Å². The Morgan fingerprint density at radius 1 is 1.56 bits per heavy atom. The number of phenols is 1. The van der Waals surface area contributed by atoms with Crippen LogP contribution >= 0.6 is 0 Å². The van der Waals surface area contributed by atoms with E-state index in [1.54, 1.807) is 6.92 Å². The van der Waals surface area contributed by atoms with Crippen LogP contribution in [-0.2, 0) is 0 Å². The Balaban J connectivity index is 3.00. The second-order valence-electron chi connectivity index (χ2n) is 3.61. The summed E-state index contributed by atoms with van der Waals surface area (Å²) in [5.41, 5.74) is -0.109. The predicted octanol–water partition coefficient (Wildman–Crippen LogP) is 0.984. The van der Waals surface area contributed by atoms with E-state index in [0.717, 1.165) is 18.2 Å². The van der Waals surface area contributed by atoms with Crippen molar-refractivity contribution in [3.63, 3.8) is 0 Å². The van der Waals surface area contributed by atoms with Crippen molar-refractivity contribution in [1.29, 1.82) is 0 Å². The van der Waals surface area contributed by atoms with Crippen molar-refractivity contribution in [2.75, 3.05) is 13.7 Å². The molecule has 0 radical (unpaired) electrons. The van der Waals surface area contributed by atoms with Gasteiger partial charge in [-0.05, 0) is 25.1 Å². The standard InChI is InChI=1S/C11H14FNO3/c1-7(6-14)13(2)11(16)9-5-8(12)3-4-10(9)15/h3-5,7,14-15H,6H2,1-2H3. The molecule has 0 aliphatic carbocycles. The lowest BCUT2D eigenvalue weighted by Gasteiger charge is -2.23. The first-order chi connectivity index (χ1) is 7.47. The van der Waals surface area contributed by atoms with Gasteiger partial charge in [-0.2, -0.15) is 0 Å². The summed E-state index contributed by atoms with van der Waals surface area (Å²) in [6, 6.07) is 2.77. The molecule has 4 nitrogen and oxygen atoms in total. The first kappa shape index (κ1) is 12.4. The van der Waals surface area contributed by atoms with Crippen LogP contribution in [0.3, 0.4) is 0 Å². The third-order valence-electron chi connectivity index (χ3n) is 2.43. The highest BCUT2D eigenvalue weighted by molar-refractivity contribution is 5.96. The van der Waals surface area contributed by atoms with E-state index in [0.29, 0.717) is 0 Å². The number of carbonyl (C=O) groups is 1. The van der Waals surface area contributed by atoms with Gasteiger partial charge in [0.25, 0.3) is 5.91 Å². The largest absolute Gasteiger partial charge is 0.507 e. The highest BCUT2D eigenvalue weighted by Crippen LogP contribution is 2.20.